The summed E-state index contributed by atoms with van der Waals surface area (Å²) in [5.74, 6) is 0.711. The molecule has 0 bridgehead atoms. The van der Waals surface area contributed by atoms with E-state index in [0.717, 1.165) is 5.69 Å². The second-order valence-corrected chi connectivity index (χ2v) is 4.04. The smallest absolute Gasteiger partial charge is 0.123 e. The Morgan fingerprint density at radius 1 is 1.73 bits per heavy atom. The van der Waals surface area contributed by atoms with Crippen LogP contribution in [0.15, 0.2) is 5.38 Å². The van der Waals surface area contributed by atoms with Gasteiger partial charge in [0.15, 0.2) is 0 Å². The minimum atomic E-state index is 0.410. The average molecular weight is 184 g/mol. The van der Waals surface area contributed by atoms with E-state index in [2.05, 4.69) is 4.98 Å². The van der Waals surface area contributed by atoms with Crippen molar-refractivity contribution in [3.05, 3.63) is 16.1 Å². The van der Waals surface area contributed by atoms with Crippen molar-refractivity contribution in [3.63, 3.8) is 0 Å². The molecule has 1 fully saturated rings. The van der Waals surface area contributed by atoms with Crippen LogP contribution in [0, 0.1) is 0 Å². The zero-order chi connectivity index (χ0) is 7.84. The molecule has 2 rings (SSSR count). The molecule has 1 aliphatic carbocycles. The third kappa shape index (κ3) is 1.41. The van der Waals surface area contributed by atoms with E-state index in [9.17, 15) is 0 Å². The second-order valence-electron chi connectivity index (χ2n) is 2.71. The molecule has 0 aromatic carbocycles. The Labute approximate surface area is 74.4 Å². The molecule has 0 saturated heterocycles. The van der Waals surface area contributed by atoms with Crippen molar-refractivity contribution in [3.8, 4) is 0 Å². The van der Waals surface area contributed by atoms with Gasteiger partial charge < -0.3 is 5.73 Å². The monoisotopic (exact) mass is 184 g/mol. The molecule has 58 valence electrons. The molecule has 0 unspecified atom stereocenters. The van der Waals surface area contributed by atoms with Crippen LogP contribution in [0.2, 0.25) is 0 Å². The predicted octanol–water partition coefficient (Wildman–Crippen LogP) is 1.65. The number of hydrogen-bond acceptors (Lipinski definition) is 3. The average Bonchev–Trinajstić information content (AvgIpc) is 2.68. The first-order chi connectivity index (χ1) is 5.27. The first kappa shape index (κ1) is 7.18. The number of nitrogens with two attached hydrogens (primary N) is 1. The quantitative estimate of drug-likeness (QED) is 0.710. The van der Waals surface area contributed by atoms with E-state index in [1.807, 2.05) is 5.38 Å². The lowest BCUT2D eigenvalue weighted by Gasteiger charge is -1.87. The predicted molar refractivity (Wildman–Crippen MR) is 50.0 cm³/mol. The molecule has 1 aromatic heterocycles. The zero-order valence-electron chi connectivity index (χ0n) is 5.91. The first-order valence-electron chi connectivity index (χ1n) is 3.52. The van der Waals surface area contributed by atoms with Crippen LogP contribution in [0.3, 0.4) is 0 Å². The van der Waals surface area contributed by atoms with Gasteiger partial charge in [-0.25, -0.2) is 4.98 Å². The van der Waals surface area contributed by atoms with E-state index in [0.29, 0.717) is 10.9 Å². The summed E-state index contributed by atoms with van der Waals surface area (Å²) in [5.41, 5.74) is 6.21. The highest BCUT2D eigenvalue weighted by Crippen LogP contribution is 2.41. The van der Waals surface area contributed by atoms with Gasteiger partial charge in [-0.1, -0.05) is 12.2 Å². The lowest BCUT2D eigenvalue weighted by molar-refractivity contribution is 1.08. The van der Waals surface area contributed by atoms with E-state index in [-0.39, 0.29) is 0 Å². The highest BCUT2D eigenvalue weighted by atomic mass is 32.1. The summed E-state index contributed by atoms with van der Waals surface area (Å²) in [6.45, 7) is 0. The first-order valence-corrected chi connectivity index (χ1v) is 4.81. The summed E-state index contributed by atoms with van der Waals surface area (Å²) < 4.78 is 0. The fraction of sp³-hybridized carbons (Fsp3) is 0.429. The Kier molecular flexibility index (Phi) is 1.65. The molecule has 2 N–H and O–H groups in total. The van der Waals surface area contributed by atoms with Gasteiger partial charge in [0.2, 0.25) is 0 Å². The van der Waals surface area contributed by atoms with Gasteiger partial charge in [-0.2, -0.15) is 0 Å². The maximum atomic E-state index is 5.42. The van der Waals surface area contributed by atoms with Crippen molar-refractivity contribution >= 4 is 28.5 Å². The van der Waals surface area contributed by atoms with E-state index in [1.54, 1.807) is 11.3 Å². The van der Waals surface area contributed by atoms with Gasteiger partial charge in [0.25, 0.3) is 0 Å². The highest BCUT2D eigenvalue weighted by molar-refractivity contribution is 7.80. The number of nitrogens with zero attached hydrogens (tertiary/aromatic N) is 1. The largest absolute Gasteiger partial charge is 0.388 e. The van der Waals surface area contributed by atoms with Gasteiger partial charge in [0, 0.05) is 11.3 Å². The standard InChI is InChI=1S/C7H8N2S2/c8-6(10)5-3-11-7(9-5)4-1-2-4/h3-4H,1-2H2,(H2,8,10). The number of thiocarbonyl (C=S) groups is 1. The molecule has 4 heteroatoms. The van der Waals surface area contributed by atoms with Crippen LogP contribution in [0.25, 0.3) is 0 Å². The SMILES string of the molecule is NC(=S)c1csc(C2CC2)n1. The number of aromatic nitrogens is 1. The molecular weight excluding hydrogens is 176 g/mol. The Bertz CT molecular complexity index is 288. The van der Waals surface area contributed by atoms with Crippen molar-refractivity contribution in [2.45, 2.75) is 18.8 Å². The summed E-state index contributed by atoms with van der Waals surface area (Å²) in [5, 5.41) is 3.14. The van der Waals surface area contributed by atoms with E-state index >= 15 is 0 Å². The van der Waals surface area contributed by atoms with Gasteiger partial charge in [-0.15, -0.1) is 11.3 Å². The number of rotatable bonds is 2. The van der Waals surface area contributed by atoms with Gasteiger partial charge >= 0.3 is 0 Å². The lowest BCUT2D eigenvalue weighted by Crippen LogP contribution is -2.09. The van der Waals surface area contributed by atoms with Crippen LogP contribution in [0.1, 0.15) is 29.5 Å². The van der Waals surface area contributed by atoms with Crippen molar-refractivity contribution in [2.24, 2.45) is 5.73 Å². The molecule has 0 atom stereocenters. The van der Waals surface area contributed by atoms with Gasteiger partial charge in [0.1, 0.15) is 10.7 Å². The third-order valence-corrected chi connectivity index (χ3v) is 2.92. The van der Waals surface area contributed by atoms with Gasteiger partial charge in [-0.05, 0) is 12.8 Å². The van der Waals surface area contributed by atoms with Gasteiger partial charge in [-0.3, -0.25) is 0 Å². The van der Waals surface area contributed by atoms with Crippen LogP contribution in [-0.4, -0.2) is 9.97 Å². The van der Waals surface area contributed by atoms with Crippen molar-refractivity contribution < 1.29 is 0 Å². The Balaban J connectivity index is 2.25. The number of thiazole rings is 1. The second kappa shape index (κ2) is 2.53. The molecule has 1 heterocycles. The molecule has 0 aliphatic heterocycles. The van der Waals surface area contributed by atoms with Crippen LogP contribution in [-0.2, 0) is 0 Å². The lowest BCUT2D eigenvalue weighted by atomic mass is 10.4. The molecule has 1 aliphatic rings. The maximum absolute atomic E-state index is 5.42. The molecule has 2 nitrogen and oxygen atoms in total. The molecule has 11 heavy (non-hydrogen) atoms. The number of hydrogen-bond donors (Lipinski definition) is 1. The van der Waals surface area contributed by atoms with E-state index in [1.165, 1.54) is 17.8 Å². The molecular formula is C7H8N2S2. The van der Waals surface area contributed by atoms with Gasteiger partial charge in [0.05, 0.1) is 5.01 Å². The molecule has 1 aromatic rings. The summed E-state index contributed by atoms with van der Waals surface area (Å²) in [6.07, 6.45) is 2.56. The Hall–Kier alpha value is -0.480. The van der Waals surface area contributed by atoms with Crippen molar-refractivity contribution in [1.82, 2.24) is 4.98 Å². The summed E-state index contributed by atoms with van der Waals surface area (Å²) in [4.78, 5) is 4.73. The molecule has 1 saturated carbocycles. The normalized spacial score (nSPS) is 16.7. The zero-order valence-corrected chi connectivity index (χ0v) is 7.54. The highest BCUT2D eigenvalue weighted by Gasteiger charge is 2.26. The Morgan fingerprint density at radius 3 is 2.91 bits per heavy atom. The van der Waals surface area contributed by atoms with Crippen LogP contribution >= 0.6 is 23.6 Å². The molecule has 0 radical (unpaired) electrons. The van der Waals surface area contributed by atoms with Crippen LogP contribution in [0.5, 0.6) is 0 Å². The van der Waals surface area contributed by atoms with Crippen LogP contribution in [0.4, 0.5) is 0 Å². The minimum absolute atomic E-state index is 0.410. The van der Waals surface area contributed by atoms with Crippen molar-refractivity contribution in [2.75, 3.05) is 0 Å². The van der Waals surface area contributed by atoms with E-state index in [4.69, 9.17) is 18.0 Å². The van der Waals surface area contributed by atoms with E-state index < -0.39 is 0 Å². The summed E-state index contributed by atoms with van der Waals surface area (Å²) in [6, 6.07) is 0. The van der Waals surface area contributed by atoms with Crippen molar-refractivity contribution in [1.29, 1.82) is 0 Å². The summed E-state index contributed by atoms with van der Waals surface area (Å²) >= 11 is 6.47. The minimum Gasteiger partial charge on any atom is -0.388 e. The summed E-state index contributed by atoms with van der Waals surface area (Å²) in [7, 11) is 0. The fourth-order valence-electron chi connectivity index (χ4n) is 0.919. The van der Waals surface area contributed by atoms with Crippen LogP contribution < -0.4 is 5.73 Å². The third-order valence-electron chi connectivity index (χ3n) is 1.70. The Morgan fingerprint density at radius 2 is 2.45 bits per heavy atom. The maximum Gasteiger partial charge on any atom is 0.123 e. The topological polar surface area (TPSA) is 38.9 Å². The molecule has 0 amide bonds. The fourth-order valence-corrected chi connectivity index (χ4v) is 2.09. The molecule has 0 spiro atoms.